The molecule has 0 aliphatic heterocycles. The Kier molecular flexibility index (Phi) is 2.90. The van der Waals surface area contributed by atoms with Gasteiger partial charge in [0.1, 0.15) is 0 Å². The molecule has 0 spiro atoms. The second-order valence-corrected chi connectivity index (χ2v) is 3.81. The van der Waals surface area contributed by atoms with Crippen molar-refractivity contribution in [1.29, 1.82) is 0 Å². The molecule has 0 bridgehead atoms. The summed E-state index contributed by atoms with van der Waals surface area (Å²) in [5.74, 6) is 0.0911. The lowest BCUT2D eigenvalue weighted by molar-refractivity contribution is 1.43. The van der Waals surface area contributed by atoms with E-state index in [9.17, 15) is 0 Å². The number of halogens is 1. The maximum absolute atomic E-state index is 5.41. The van der Waals surface area contributed by atoms with Crippen LogP contribution in [0.1, 0.15) is 11.1 Å². The minimum atomic E-state index is 0. The molecule has 0 unspecified atom stereocenters. The van der Waals surface area contributed by atoms with E-state index in [1.54, 1.807) is 0 Å². The number of benzene rings is 2. The number of guanidine groups is 1. The molecule has 2 aromatic carbocycles. The van der Waals surface area contributed by atoms with E-state index in [1.165, 1.54) is 16.3 Å². The molecular weight excluding hydrogens is 278 g/mol. The SMILES string of the molecule is Br.NC(N)=Nc1ccc2cccc3c2c1C=C3. The van der Waals surface area contributed by atoms with Crippen molar-refractivity contribution < 1.29 is 0 Å². The summed E-state index contributed by atoms with van der Waals surface area (Å²) >= 11 is 0. The Morgan fingerprint density at radius 3 is 2.59 bits per heavy atom. The summed E-state index contributed by atoms with van der Waals surface area (Å²) in [5, 5.41) is 2.44. The van der Waals surface area contributed by atoms with Gasteiger partial charge in [0, 0.05) is 5.56 Å². The summed E-state index contributed by atoms with van der Waals surface area (Å²) < 4.78 is 0. The lowest BCUT2D eigenvalue weighted by atomic mass is 10.0. The molecule has 0 fully saturated rings. The van der Waals surface area contributed by atoms with Gasteiger partial charge in [-0.2, -0.15) is 0 Å². The third kappa shape index (κ3) is 1.80. The normalized spacial score (nSPS) is 11.3. The zero-order valence-corrected chi connectivity index (χ0v) is 10.8. The van der Waals surface area contributed by atoms with E-state index >= 15 is 0 Å². The summed E-state index contributed by atoms with van der Waals surface area (Å²) in [6.45, 7) is 0. The average Bonchev–Trinajstić information content (AvgIpc) is 2.68. The van der Waals surface area contributed by atoms with Crippen molar-refractivity contribution in [3.8, 4) is 0 Å². The first-order chi connectivity index (χ1) is 7.75. The van der Waals surface area contributed by atoms with Crippen molar-refractivity contribution in [2.24, 2.45) is 16.5 Å². The standard InChI is InChI=1S/C13H11N3.BrH/c14-13(15)16-11-7-5-9-3-1-2-8-4-6-10(11)12(8)9;/h1-7H,(H4,14,15,16);1H. The van der Waals surface area contributed by atoms with Crippen LogP contribution in [0.2, 0.25) is 0 Å². The van der Waals surface area contributed by atoms with Gasteiger partial charge in [-0.1, -0.05) is 36.4 Å². The predicted molar refractivity (Wildman–Crippen MR) is 78.7 cm³/mol. The zero-order valence-electron chi connectivity index (χ0n) is 9.05. The van der Waals surface area contributed by atoms with Gasteiger partial charge >= 0.3 is 0 Å². The van der Waals surface area contributed by atoms with Crippen molar-refractivity contribution in [1.82, 2.24) is 0 Å². The molecule has 0 atom stereocenters. The molecule has 2 aromatic rings. The van der Waals surface area contributed by atoms with E-state index in [1.807, 2.05) is 12.1 Å². The second-order valence-electron chi connectivity index (χ2n) is 3.81. The van der Waals surface area contributed by atoms with Crippen LogP contribution < -0.4 is 11.5 Å². The first-order valence-corrected chi connectivity index (χ1v) is 5.09. The van der Waals surface area contributed by atoms with Crippen molar-refractivity contribution in [2.45, 2.75) is 0 Å². The fraction of sp³-hybridized carbons (Fsp3) is 0. The molecule has 0 amide bonds. The summed E-state index contributed by atoms with van der Waals surface area (Å²) in [6.07, 6.45) is 4.14. The monoisotopic (exact) mass is 289 g/mol. The molecular formula is C13H12BrN3. The van der Waals surface area contributed by atoms with Crippen LogP contribution in [-0.4, -0.2) is 5.96 Å². The van der Waals surface area contributed by atoms with Gasteiger partial charge in [-0.15, -0.1) is 17.0 Å². The first-order valence-electron chi connectivity index (χ1n) is 5.09. The molecule has 0 saturated carbocycles. The Morgan fingerprint density at radius 2 is 1.82 bits per heavy atom. The average molecular weight is 290 g/mol. The Labute approximate surface area is 110 Å². The van der Waals surface area contributed by atoms with Crippen molar-refractivity contribution >= 4 is 51.6 Å². The second kappa shape index (κ2) is 4.22. The Morgan fingerprint density at radius 1 is 1.00 bits per heavy atom. The zero-order chi connectivity index (χ0) is 11.1. The minimum Gasteiger partial charge on any atom is -0.370 e. The smallest absolute Gasteiger partial charge is 0.191 e. The largest absolute Gasteiger partial charge is 0.370 e. The Balaban J connectivity index is 0.00000108. The Bertz CT molecular complexity index is 640. The molecule has 0 radical (unpaired) electrons. The van der Waals surface area contributed by atoms with Crippen LogP contribution in [0.5, 0.6) is 0 Å². The van der Waals surface area contributed by atoms with Gasteiger partial charge in [-0.25, -0.2) is 4.99 Å². The topological polar surface area (TPSA) is 64.4 Å². The fourth-order valence-electron chi connectivity index (χ4n) is 2.14. The highest BCUT2D eigenvalue weighted by Gasteiger charge is 2.12. The molecule has 4 N–H and O–H groups in total. The molecule has 3 rings (SSSR count). The molecule has 0 saturated heterocycles. The third-order valence-corrected chi connectivity index (χ3v) is 2.77. The van der Waals surface area contributed by atoms with E-state index < -0.39 is 0 Å². The molecule has 0 heterocycles. The number of hydrogen-bond acceptors (Lipinski definition) is 1. The van der Waals surface area contributed by atoms with Crippen molar-refractivity contribution in [2.75, 3.05) is 0 Å². The highest BCUT2D eigenvalue weighted by molar-refractivity contribution is 8.93. The van der Waals surface area contributed by atoms with E-state index in [-0.39, 0.29) is 22.9 Å². The third-order valence-electron chi connectivity index (χ3n) is 2.77. The van der Waals surface area contributed by atoms with Gasteiger partial charge < -0.3 is 11.5 Å². The molecule has 1 aliphatic rings. The minimum absolute atomic E-state index is 0. The van der Waals surface area contributed by atoms with Gasteiger partial charge in [-0.3, -0.25) is 0 Å². The van der Waals surface area contributed by atoms with E-state index in [0.717, 1.165) is 11.3 Å². The summed E-state index contributed by atoms with van der Waals surface area (Å²) in [7, 11) is 0. The van der Waals surface area contributed by atoms with Crippen LogP contribution in [0, 0.1) is 0 Å². The van der Waals surface area contributed by atoms with Crippen LogP contribution in [0.3, 0.4) is 0 Å². The summed E-state index contributed by atoms with van der Waals surface area (Å²) in [4.78, 5) is 4.13. The summed E-state index contributed by atoms with van der Waals surface area (Å²) in [5.41, 5.74) is 14.0. The number of nitrogens with two attached hydrogens (primary N) is 2. The van der Waals surface area contributed by atoms with Crippen LogP contribution in [0.25, 0.3) is 22.9 Å². The number of rotatable bonds is 1. The van der Waals surface area contributed by atoms with Gasteiger partial charge in [-0.05, 0) is 22.4 Å². The van der Waals surface area contributed by atoms with Crippen LogP contribution in [0.4, 0.5) is 5.69 Å². The molecule has 0 aromatic heterocycles. The lowest BCUT2D eigenvalue weighted by Gasteiger charge is -2.05. The highest BCUT2D eigenvalue weighted by atomic mass is 79.9. The van der Waals surface area contributed by atoms with E-state index in [0.29, 0.717) is 0 Å². The Hall–Kier alpha value is -1.81. The van der Waals surface area contributed by atoms with Crippen LogP contribution in [-0.2, 0) is 0 Å². The van der Waals surface area contributed by atoms with Gasteiger partial charge in [0.25, 0.3) is 0 Å². The van der Waals surface area contributed by atoms with Crippen LogP contribution >= 0.6 is 17.0 Å². The van der Waals surface area contributed by atoms with Gasteiger partial charge in [0.05, 0.1) is 5.69 Å². The fourth-order valence-corrected chi connectivity index (χ4v) is 2.14. The van der Waals surface area contributed by atoms with Crippen molar-refractivity contribution in [3.05, 3.63) is 41.5 Å². The van der Waals surface area contributed by atoms with E-state index in [4.69, 9.17) is 11.5 Å². The van der Waals surface area contributed by atoms with E-state index in [2.05, 4.69) is 35.3 Å². The molecule has 4 heteroatoms. The quantitative estimate of drug-likeness (QED) is 0.534. The molecule has 86 valence electrons. The highest BCUT2D eigenvalue weighted by Crippen LogP contribution is 2.36. The summed E-state index contributed by atoms with van der Waals surface area (Å²) in [6, 6.07) is 10.2. The number of aliphatic imine (C=N–C) groups is 1. The predicted octanol–water partition coefficient (Wildman–Crippen LogP) is 2.81. The van der Waals surface area contributed by atoms with Gasteiger partial charge in [0.15, 0.2) is 5.96 Å². The van der Waals surface area contributed by atoms with Gasteiger partial charge in [0.2, 0.25) is 0 Å². The molecule has 17 heavy (non-hydrogen) atoms. The number of nitrogens with zero attached hydrogens (tertiary/aromatic N) is 1. The van der Waals surface area contributed by atoms with Crippen molar-refractivity contribution in [3.63, 3.8) is 0 Å². The first kappa shape index (κ1) is 11.7. The maximum Gasteiger partial charge on any atom is 0.191 e. The number of hydrogen-bond donors (Lipinski definition) is 2. The maximum atomic E-state index is 5.41. The lowest BCUT2D eigenvalue weighted by Crippen LogP contribution is -2.21. The molecule has 1 aliphatic carbocycles. The van der Waals surface area contributed by atoms with Crippen LogP contribution in [0.15, 0.2) is 35.3 Å². The molecule has 3 nitrogen and oxygen atoms in total.